The first kappa shape index (κ1) is 13.2. The Morgan fingerprint density at radius 3 is 2.56 bits per heavy atom. The Hall–Kier alpha value is -0.900. The Morgan fingerprint density at radius 2 is 2.06 bits per heavy atom. The molecule has 1 aromatic rings. The van der Waals surface area contributed by atoms with Gasteiger partial charge in [0.15, 0.2) is 0 Å². The van der Waals surface area contributed by atoms with Crippen LogP contribution in [-0.2, 0) is 9.53 Å². The van der Waals surface area contributed by atoms with Crippen LogP contribution in [0.5, 0.6) is 0 Å². The smallest absolute Gasteiger partial charge is 0.313 e. The number of halogens is 1. The number of ether oxygens (including phenoxy) is 1. The van der Waals surface area contributed by atoms with Crippen molar-refractivity contribution in [2.45, 2.75) is 39.2 Å². The van der Waals surface area contributed by atoms with Gasteiger partial charge in [-0.2, -0.15) is 0 Å². The van der Waals surface area contributed by atoms with Gasteiger partial charge in [0.1, 0.15) is 5.60 Å². The van der Waals surface area contributed by atoms with Crippen molar-refractivity contribution in [1.82, 2.24) is 4.98 Å². The lowest BCUT2D eigenvalue weighted by atomic mass is 10.0. The number of rotatable bonds is 2. The Balaban J connectivity index is 2.78. The standard InChI is InChI=1S/C12H16BrNO2/c1-8(11(15)16-12(2,3)4)9-5-10(13)7-14-6-9/h5-8H,1-4H3. The molecular formula is C12H16BrNO2. The van der Waals surface area contributed by atoms with Crippen molar-refractivity contribution in [1.29, 1.82) is 0 Å². The first-order valence-corrected chi connectivity index (χ1v) is 5.92. The number of aromatic nitrogens is 1. The molecule has 0 aromatic carbocycles. The summed E-state index contributed by atoms with van der Waals surface area (Å²) in [5, 5.41) is 0. The minimum absolute atomic E-state index is 0.229. The van der Waals surface area contributed by atoms with Crippen molar-refractivity contribution in [3.05, 3.63) is 28.5 Å². The van der Waals surface area contributed by atoms with Crippen LogP contribution in [0.2, 0.25) is 0 Å². The maximum Gasteiger partial charge on any atom is 0.313 e. The molecule has 0 N–H and O–H groups in total. The van der Waals surface area contributed by atoms with Crippen LogP contribution < -0.4 is 0 Å². The van der Waals surface area contributed by atoms with Gasteiger partial charge in [-0.1, -0.05) is 0 Å². The average Bonchev–Trinajstić information content (AvgIpc) is 2.14. The summed E-state index contributed by atoms with van der Waals surface area (Å²) >= 11 is 3.33. The highest BCUT2D eigenvalue weighted by molar-refractivity contribution is 9.10. The molecule has 0 saturated heterocycles. The molecule has 0 bridgehead atoms. The van der Waals surface area contributed by atoms with Crippen molar-refractivity contribution in [3.63, 3.8) is 0 Å². The van der Waals surface area contributed by atoms with Gasteiger partial charge >= 0.3 is 5.97 Å². The number of hydrogen-bond donors (Lipinski definition) is 0. The van der Waals surface area contributed by atoms with Crippen LogP contribution in [0.15, 0.2) is 22.9 Å². The number of carbonyl (C=O) groups is 1. The molecule has 0 aliphatic carbocycles. The second kappa shape index (κ2) is 4.95. The van der Waals surface area contributed by atoms with Gasteiger partial charge in [-0.05, 0) is 55.3 Å². The minimum Gasteiger partial charge on any atom is -0.460 e. The fourth-order valence-corrected chi connectivity index (χ4v) is 1.57. The van der Waals surface area contributed by atoms with Gasteiger partial charge < -0.3 is 4.74 Å². The molecule has 0 saturated carbocycles. The summed E-state index contributed by atoms with van der Waals surface area (Å²) in [7, 11) is 0. The van der Waals surface area contributed by atoms with E-state index in [4.69, 9.17) is 4.74 Å². The van der Waals surface area contributed by atoms with Crippen LogP contribution in [0.3, 0.4) is 0 Å². The fraction of sp³-hybridized carbons (Fsp3) is 0.500. The van der Waals surface area contributed by atoms with Crippen molar-refractivity contribution in [2.24, 2.45) is 0 Å². The second-order valence-corrected chi connectivity index (χ2v) is 5.61. The Bertz CT molecular complexity index is 385. The van der Waals surface area contributed by atoms with Crippen LogP contribution in [0, 0.1) is 0 Å². The summed E-state index contributed by atoms with van der Waals surface area (Å²) in [4.78, 5) is 15.8. The van der Waals surface area contributed by atoms with Gasteiger partial charge in [0, 0.05) is 16.9 Å². The molecule has 1 atom stereocenters. The summed E-state index contributed by atoms with van der Waals surface area (Å²) < 4.78 is 6.17. The van der Waals surface area contributed by atoms with Gasteiger partial charge in [-0.15, -0.1) is 0 Å². The molecule has 1 unspecified atom stereocenters. The van der Waals surface area contributed by atoms with E-state index in [1.54, 1.807) is 12.4 Å². The third kappa shape index (κ3) is 3.93. The van der Waals surface area contributed by atoms with Crippen molar-refractivity contribution >= 4 is 21.9 Å². The molecule has 16 heavy (non-hydrogen) atoms. The predicted molar refractivity (Wildman–Crippen MR) is 66.2 cm³/mol. The van der Waals surface area contributed by atoms with E-state index >= 15 is 0 Å². The number of pyridine rings is 1. The highest BCUT2D eigenvalue weighted by atomic mass is 79.9. The van der Waals surface area contributed by atoms with Gasteiger partial charge in [0.25, 0.3) is 0 Å². The van der Waals surface area contributed by atoms with E-state index in [9.17, 15) is 4.79 Å². The van der Waals surface area contributed by atoms with Crippen LogP contribution in [0.1, 0.15) is 39.2 Å². The number of esters is 1. The zero-order valence-corrected chi connectivity index (χ0v) is 11.5. The van der Waals surface area contributed by atoms with E-state index < -0.39 is 5.60 Å². The fourth-order valence-electron chi connectivity index (χ4n) is 1.19. The molecule has 0 aliphatic heterocycles. The molecule has 0 aliphatic rings. The molecular weight excluding hydrogens is 270 g/mol. The summed E-state index contributed by atoms with van der Waals surface area (Å²) in [5.74, 6) is -0.531. The maximum atomic E-state index is 11.8. The van der Waals surface area contributed by atoms with Gasteiger partial charge in [0.05, 0.1) is 5.92 Å². The molecule has 4 heteroatoms. The third-order valence-electron chi connectivity index (χ3n) is 1.99. The lowest BCUT2D eigenvalue weighted by molar-refractivity contribution is -0.156. The average molecular weight is 286 g/mol. The molecule has 88 valence electrons. The molecule has 0 spiro atoms. The summed E-state index contributed by atoms with van der Waals surface area (Å²) in [6.45, 7) is 7.39. The Labute approximate surface area is 104 Å². The Morgan fingerprint density at radius 1 is 1.44 bits per heavy atom. The van der Waals surface area contributed by atoms with Crippen LogP contribution in [0.4, 0.5) is 0 Å². The van der Waals surface area contributed by atoms with Gasteiger partial charge in [-0.25, -0.2) is 0 Å². The molecule has 0 radical (unpaired) electrons. The van der Waals surface area contributed by atoms with Crippen molar-refractivity contribution < 1.29 is 9.53 Å². The number of carbonyl (C=O) groups excluding carboxylic acids is 1. The topological polar surface area (TPSA) is 39.2 Å². The Kier molecular flexibility index (Phi) is 4.08. The van der Waals surface area contributed by atoms with Gasteiger partial charge in [0.2, 0.25) is 0 Å². The normalized spacial score (nSPS) is 13.3. The lowest BCUT2D eigenvalue weighted by Gasteiger charge is -2.22. The van der Waals surface area contributed by atoms with E-state index in [1.807, 2.05) is 33.8 Å². The van der Waals surface area contributed by atoms with E-state index in [-0.39, 0.29) is 11.9 Å². The molecule has 0 fully saturated rings. The lowest BCUT2D eigenvalue weighted by Crippen LogP contribution is -2.26. The summed E-state index contributed by atoms with van der Waals surface area (Å²) in [6, 6.07) is 1.88. The minimum atomic E-state index is -0.454. The largest absolute Gasteiger partial charge is 0.460 e. The summed E-state index contributed by atoms with van der Waals surface area (Å²) in [5.41, 5.74) is 0.397. The van der Waals surface area contributed by atoms with E-state index in [0.29, 0.717) is 0 Å². The maximum absolute atomic E-state index is 11.8. The quantitative estimate of drug-likeness (QED) is 0.783. The first-order chi connectivity index (χ1) is 7.29. The predicted octanol–water partition coefficient (Wildman–Crippen LogP) is 3.29. The SMILES string of the molecule is CC(C(=O)OC(C)(C)C)c1cncc(Br)c1. The van der Waals surface area contributed by atoms with Crippen LogP contribution in [0.25, 0.3) is 0 Å². The number of hydrogen-bond acceptors (Lipinski definition) is 3. The summed E-state index contributed by atoms with van der Waals surface area (Å²) in [6.07, 6.45) is 3.37. The number of nitrogens with zero attached hydrogens (tertiary/aromatic N) is 1. The van der Waals surface area contributed by atoms with E-state index in [2.05, 4.69) is 20.9 Å². The molecule has 1 aromatic heterocycles. The monoisotopic (exact) mass is 285 g/mol. The first-order valence-electron chi connectivity index (χ1n) is 5.13. The van der Waals surface area contributed by atoms with Crippen molar-refractivity contribution in [2.75, 3.05) is 0 Å². The molecule has 1 rings (SSSR count). The molecule has 0 amide bonds. The van der Waals surface area contributed by atoms with E-state index in [0.717, 1.165) is 10.0 Å². The highest BCUT2D eigenvalue weighted by Crippen LogP contribution is 2.21. The molecule has 1 heterocycles. The zero-order chi connectivity index (χ0) is 12.3. The zero-order valence-electron chi connectivity index (χ0n) is 9.95. The molecule has 3 nitrogen and oxygen atoms in total. The highest BCUT2D eigenvalue weighted by Gasteiger charge is 2.23. The van der Waals surface area contributed by atoms with Crippen LogP contribution in [-0.4, -0.2) is 16.6 Å². The second-order valence-electron chi connectivity index (χ2n) is 4.69. The van der Waals surface area contributed by atoms with Gasteiger partial charge in [-0.3, -0.25) is 9.78 Å². The third-order valence-corrected chi connectivity index (χ3v) is 2.42. The van der Waals surface area contributed by atoms with Crippen molar-refractivity contribution in [3.8, 4) is 0 Å². The van der Waals surface area contributed by atoms with E-state index in [1.165, 1.54) is 0 Å². The van der Waals surface area contributed by atoms with Crippen LogP contribution >= 0.6 is 15.9 Å².